The van der Waals surface area contributed by atoms with Crippen molar-refractivity contribution in [3.63, 3.8) is 0 Å². The lowest BCUT2D eigenvalue weighted by Crippen LogP contribution is -2.43. The number of aromatic amines is 1. The molecule has 1 N–H and O–H groups in total. The number of nitrogens with one attached hydrogen (secondary N) is 1. The molecule has 0 bridgehead atoms. The van der Waals surface area contributed by atoms with E-state index in [4.69, 9.17) is 0 Å². The summed E-state index contributed by atoms with van der Waals surface area (Å²) in [6, 6.07) is 0.717. The quantitative estimate of drug-likeness (QED) is 0.761. The molecule has 0 radical (unpaired) electrons. The maximum atomic E-state index is 11.4. The van der Waals surface area contributed by atoms with Crippen molar-refractivity contribution in [2.45, 2.75) is 51.2 Å². The SMILES string of the molecule is O=c1[nH]nc2n1CCN(C1CCCCC1)C2. The van der Waals surface area contributed by atoms with E-state index in [-0.39, 0.29) is 5.69 Å². The minimum absolute atomic E-state index is 0.0571. The van der Waals surface area contributed by atoms with Gasteiger partial charge in [0.15, 0.2) is 0 Å². The molecule has 0 atom stereocenters. The molecule has 1 fully saturated rings. The lowest BCUT2D eigenvalue weighted by molar-refractivity contribution is 0.120. The Labute approximate surface area is 94.5 Å². The zero-order chi connectivity index (χ0) is 11.0. The maximum Gasteiger partial charge on any atom is 0.343 e. The smallest absolute Gasteiger partial charge is 0.291 e. The molecule has 0 amide bonds. The lowest BCUT2D eigenvalue weighted by Gasteiger charge is -2.36. The number of nitrogens with zero attached hydrogens (tertiary/aromatic N) is 3. The highest BCUT2D eigenvalue weighted by atomic mass is 16.1. The molecule has 1 aromatic heterocycles. The average Bonchev–Trinajstić information content (AvgIpc) is 2.72. The van der Waals surface area contributed by atoms with Crippen LogP contribution in [0, 0.1) is 0 Å². The van der Waals surface area contributed by atoms with E-state index < -0.39 is 0 Å². The first-order valence-corrected chi connectivity index (χ1v) is 6.23. The third-order valence-electron chi connectivity index (χ3n) is 3.88. The first-order valence-electron chi connectivity index (χ1n) is 6.23. The Hall–Kier alpha value is -1.10. The number of hydrogen-bond acceptors (Lipinski definition) is 3. The molecule has 5 heteroatoms. The van der Waals surface area contributed by atoms with Crippen molar-refractivity contribution in [3.05, 3.63) is 16.3 Å². The number of aromatic nitrogens is 3. The second-order valence-corrected chi connectivity index (χ2v) is 4.86. The summed E-state index contributed by atoms with van der Waals surface area (Å²) in [6.07, 6.45) is 6.73. The van der Waals surface area contributed by atoms with Gasteiger partial charge in [0.25, 0.3) is 0 Å². The molecule has 0 aromatic carbocycles. The molecule has 1 aliphatic heterocycles. The van der Waals surface area contributed by atoms with E-state index in [0.29, 0.717) is 6.04 Å². The molecule has 5 nitrogen and oxygen atoms in total. The summed E-state index contributed by atoms with van der Waals surface area (Å²) in [5.41, 5.74) is -0.0571. The molecule has 16 heavy (non-hydrogen) atoms. The van der Waals surface area contributed by atoms with Crippen LogP contribution in [0.25, 0.3) is 0 Å². The predicted molar refractivity (Wildman–Crippen MR) is 60.1 cm³/mol. The molecule has 0 saturated heterocycles. The Morgan fingerprint density at radius 2 is 2.00 bits per heavy atom. The van der Waals surface area contributed by atoms with E-state index in [2.05, 4.69) is 15.1 Å². The topological polar surface area (TPSA) is 53.9 Å². The average molecular weight is 222 g/mol. The minimum atomic E-state index is -0.0571. The van der Waals surface area contributed by atoms with Gasteiger partial charge in [-0.3, -0.25) is 9.47 Å². The summed E-state index contributed by atoms with van der Waals surface area (Å²) in [5.74, 6) is 0.904. The number of rotatable bonds is 1. The minimum Gasteiger partial charge on any atom is -0.291 e. The normalized spacial score (nSPS) is 23.2. The van der Waals surface area contributed by atoms with E-state index >= 15 is 0 Å². The zero-order valence-corrected chi connectivity index (χ0v) is 9.48. The summed E-state index contributed by atoms with van der Waals surface area (Å²) in [4.78, 5) is 13.9. The van der Waals surface area contributed by atoms with Crippen molar-refractivity contribution in [1.29, 1.82) is 0 Å². The lowest BCUT2D eigenvalue weighted by atomic mass is 9.94. The van der Waals surface area contributed by atoms with Crippen LogP contribution >= 0.6 is 0 Å². The molecule has 1 aliphatic carbocycles. The van der Waals surface area contributed by atoms with E-state index in [9.17, 15) is 4.79 Å². The van der Waals surface area contributed by atoms with Gasteiger partial charge in [-0.15, -0.1) is 0 Å². The number of H-pyrrole nitrogens is 1. The van der Waals surface area contributed by atoms with E-state index in [1.807, 2.05) is 0 Å². The largest absolute Gasteiger partial charge is 0.343 e. The monoisotopic (exact) mass is 222 g/mol. The third-order valence-corrected chi connectivity index (χ3v) is 3.88. The van der Waals surface area contributed by atoms with Crippen LogP contribution in [0.4, 0.5) is 0 Å². The predicted octanol–water partition coefficient (Wildman–Crippen LogP) is 0.720. The molecule has 2 heterocycles. The van der Waals surface area contributed by atoms with Gasteiger partial charge in [-0.05, 0) is 12.8 Å². The molecule has 3 rings (SSSR count). The second-order valence-electron chi connectivity index (χ2n) is 4.86. The highest BCUT2D eigenvalue weighted by molar-refractivity contribution is 4.92. The summed E-state index contributed by atoms with van der Waals surface area (Å²) in [5, 5.41) is 6.62. The van der Waals surface area contributed by atoms with Gasteiger partial charge in [0.05, 0.1) is 6.54 Å². The summed E-state index contributed by atoms with van der Waals surface area (Å²) >= 11 is 0. The Bertz CT molecular complexity index is 416. The fourth-order valence-electron chi connectivity index (χ4n) is 2.95. The van der Waals surface area contributed by atoms with E-state index in [1.165, 1.54) is 32.1 Å². The first-order chi connectivity index (χ1) is 7.84. The van der Waals surface area contributed by atoms with Gasteiger partial charge in [-0.2, -0.15) is 5.10 Å². The van der Waals surface area contributed by atoms with Crippen molar-refractivity contribution in [2.24, 2.45) is 0 Å². The van der Waals surface area contributed by atoms with Crippen LogP contribution in [0.5, 0.6) is 0 Å². The summed E-state index contributed by atoms with van der Waals surface area (Å²) in [7, 11) is 0. The first kappa shape index (κ1) is 10.1. The van der Waals surface area contributed by atoms with Crippen LogP contribution in [0.2, 0.25) is 0 Å². The van der Waals surface area contributed by atoms with Crippen molar-refractivity contribution in [1.82, 2.24) is 19.7 Å². The standard InChI is InChI=1S/C11H18N4O/c16-11-13-12-10-8-14(6-7-15(10)11)9-4-2-1-3-5-9/h9H,1-8H2,(H,13,16). The van der Waals surface area contributed by atoms with Crippen LogP contribution in [-0.4, -0.2) is 32.3 Å². The summed E-state index contributed by atoms with van der Waals surface area (Å²) in [6.45, 7) is 2.63. The molecule has 1 aromatic rings. The molecule has 88 valence electrons. The van der Waals surface area contributed by atoms with Gasteiger partial charge < -0.3 is 0 Å². The van der Waals surface area contributed by atoms with Crippen LogP contribution in [-0.2, 0) is 13.1 Å². The number of fused-ring (bicyclic) bond motifs is 1. The molecular formula is C11H18N4O. The highest BCUT2D eigenvalue weighted by Gasteiger charge is 2.26. The van der Waals surface area contributed by atoms with Gasteiger partial charge in [-0.1, -0.05) is 19.3 Å². The third kappa shape index (κ3) is 1.69. The van der Waals surface area contributed by atoms with Crippen LogP contribution in [0.3, 0.4) is 0 Å². The zero-order valence-electron chi connectivity index (χ0n) is 9.48. The Kier molecular flexibility index (Phi) is 2.55. The van der Waals surface area contributed by atoms with Crippen LogP contribution in [0.1, 0.15) is 37.9 Å². The van der Waals surface area contributed by atoms with Crippen molar-refractivity contribution in [2.75, 3.05) is 6.54 Å². The van der Waals surface area contributed by atoms with Crippen molar-refractivity contribution in [3.8, 4) is 0 Å². The second kappa shape index (κ2) is 4.05. The van der Waals surface area contributed by atoms with Gasteiger partial charge in [0, 0.05) is 19.1 Å². The highest BCUT2D eigenvalue weighted by Crippen LogP contribution is 2.24. The molecular weight excluding hydrogens is 204 g/mol. The molecule has 0 spiro atoms. The van der Waals surface area contributed by atoms with Gasteiger partial charge in [-0.25, -0.2) is 9.89 Å². The Balaban J connectivity index is 1.74. The van der Waals surface area contributed by atoms with Crippen LogP contribution < -0.4 is 5.69 Å². The Morgan fingerprint density at radius 3 is 2.81 bits per heavy atom. The van der Waals surface area contributed by atoms with E-state index in [0.717, 1.165) is 25.5 Å². The fourth-order valence-corrected chi connectivity index (χ4v) is 2.95. The fraction of sp³-hybridized carbons (Fsp3) is 0.818. The summed E-state index contributed by atoms with van der Waals surface area (Å²) < 4.78 is 1.76. The van der Waals surface area contributed by atoms with Crippen LogP contribution in [0.15, 0.2) is 4.79 Å². The van der Waals surface area contributed by atoms with Crippen molar-refractivity contribution >= 4 is 0 Å². The Morgan fingerprint density at radius 1 is 1.19 bits per heavy atom. The van der Waals surface area contributed by atoms with Gasteiger partial charge >= 0.3 is 5.69 Å². The molecule has 1 saturated carbocycles. The van der Waals surface area contributed by atoms with E-state index in [1.54, 1.807) is 4.57 Å². The molecule has 0 unspecified atom stereocenters. The van der Waals surface area contributed by atoms with Crippen molar-refractivity contribution < 1.29 is 0 Å². The van der Waals surface area contributed by atoms with Gasteiger partial charge in [0.2, 0.25) is 0 Å². The maximum absolute atomic E-state index is 11.4. The van der Waals surface area contributed by atoms with Gasteiger partial charge in [0.1, 0.15) is 5.82 Å². The molecule has 2 aliphatic rings. The number of hydrogen-bond donors (Lipinski definition) is 1.